The minimum atomic E-state index is -0.620. The third-order valence-electron chi connectivity index (χ3n) is 3.27. The van der Waals surface area contributed by atoms with Crippen LogP contribution in [0.1, 0.15) is 32.1 Å². The number of carbonyl (C=O) groups excluding carboxylic acids is 2. The highest BCUT2D eigenvalue weighted by Gasteiger charge is 2.16. The van der Waals surface area contributed by atoms with Crippen LogP contribution in [0.4, 0.5) is 10.5 Å². The molecule has 0 saturated heterocycles. The molecule has 2 N–H and O–H groups in total. The van der Waals surface area contributed by atoms with Crippen LogP contribution in [0.5, 0.6) is 0 Å². The van der Waals surface area contributed by atoms with E-state index in [0.29, 0.717) is 5.69 Å². The van der Waals surface area contributed by atoms with Gasteiger partial charge in [-0.3, -0.25) is 9.63 Å². The summed E-state index contributed by atoms with van der Waals surface area (Å²) in [6, 6.07) is 9.12. The number of carbonyl (C=O) groups is 2. The van der Waals surface area contributed by atoms with E-state index in [2.05, 4.69) is 20.6 Å². The Balaban J connectivity index is 1.69. The Morgan fingerprint density at radius 1 is 1.14 bits per heavy atom. The lowest BCUT2D eigenvalue weighted by Gasteiger charge is -2.21. The number of oxime groups is 1. The van der Waals surface area contributed by atoms with Crippen molar-refractivity contribution >= 4 is 23.9 Å². The van der Waals surface area contributed by atoms with Crippen LogP contribution in [0, 0.1) is 0 Å². The van der Waals surface area contributed by atoms with Crippen LogP contribution in [0.2, 0.25) is 0 Å². The molecule has 0 heterocycles. The van der Waals surface area contributed by atoms with E-state index < -0.39 is 12.0 Å². The topological polar surface area (TPSA) is 79.8 Å². The standard InChI is InChI=1S/C15H19N3O3/c19-14(17-12-7-3-1-4-8-12)11-16-21-15(20)18-13-9-5-2-6-10-13/h1,3-4,7-8,11,13H,2,5-6,9-10H2,(H,17,19)(H,18,20)/b16-11-. The molecule has 112 valence electrons. The first-order valence-corrected chi connectivity index (χ1v) is 7.11. The highest BCUT2D eigenvalue weighted by atomic mass is 16.7. The van der Waals surface area contributed by atoms with Gasteiger partial charge in [0.25, 0.3) is 5.91 Å². The van der Waals surface area contributed by atoms with E-state index in [0.717, 1.165) is 31.9 Å². The Bertz CT molecular complexity index is 496. The number of nitrogens with zero attached hydrogens (tertiary/aromatic N) is 1. The van der Waals surface area contributed by atoms with Crippen LogP contribution in [0.25, 0.3) is 0 Å². The monoisotopic (exact) mass is 289 g/mol. The highest BCUT2D eigenvalue weighted by Crippen LogP contribution is 2.17. The molecule has 6 nitrogen and oxygen atoms in total. The smallest absolute Gasteiger partial charge is 0.321 e. The van der Waals surface area contributed by atoms with Gasteiger partial charge in [-0.2, -0.15) is 0 Å². The Morgan fingerprint density at radius 3 is 2.57 bits per heavy atom. The van der Waals surface area contributed by atoms with E-state index in [9.17, 15) is 9.59 Å². The lowest BCUT2D eigenvalue weighted by Crippen LogP contribution is -2.35. The van der Waals surface area contributed by atoms with Gasteiger partial charge in [0.2, 0.25) is 0 Å². The first-order chi connectivity index (χ1) is 10.2. The summed E-state index contributed by atoms with van der Waals surface area (Å²) in [5.74, 6) is -0.452. The second-order valence-electron chi connectivity index (χ2n) is 4.95. The van der Waals surface area contributed by atoms with E-state index in [1.165, 1.54) is 6.42 Å². The lowest BCUT2D eigenvalue weighted by molar-refractivity contribution is -0.110. The molecule has 1 aliphatic rings. The molecule has 1 aliphatic carbocycles. The van der Waals surface area contributed by atoms with Gasteiger partial charge in [-0.15, -0.1) is 0 Å². The number of anilines is 1. The predicted octanol–water partition coefficient (Wildman–Crippen LogP) is 2.67. The quantitative estimate of drug-likeness (QED) is 0.508. The van der Waals surface area contributed by atoms with Crippen molar-refractivity contribution < 1.29 is 14.4 Å². The fraction of sp³-hybridized carbons (Fsp3) is 0.400. The summed E-state index contributed by atoms with van der Waals surface area (Å²) < 4.78 is 0. The van der Waals surface area contributed by atoms with Crippen LogP contribution in [0.15, 0.2) is 35.5 Å². The molecule has 21 heavy (non-hydrogen) atoms. The van der Waals surface area contributed by atoms with Crippen molar-refractivity contribution in [3.8, 4) is 0 Å². The zero-order valence-corrected chi connectivity index (χ0v) is 11.7. The van der Waals surface area contributed by atoms with Crippen LogP contribution >= 0.6 is 0 Å². The number of hydrogen-bond donors (Lipinski definition) is 2. The second kappa shape index (κ2) is 8.04. The Kier molecular flexibility index (Phi) is 5.75. The minimum absolute atomic E-state index is 0.152. The van der Waals surface area contributed by atoms with Crippen molar-refractivity contribution in [3.05, 3.63) is 30.3 Å². The lowest BCUT2D eigenvalue weighted by atomic mass is 9.96. The fourth-order valence-corrected chi connectivity index (χ4v) is 2.26. The molecule has 1 aromatic rings. The third-order valence-corrected chi connectivity index (χ3v) is 3.27. The van der Waals surface area contributed by atoms with Gasteiger partial charge in [-0.05, 0) is 25.0 Å². The maximum absolute atomic E-state index is 11.5. The summed E-state index contributed by atoms with van der Waals surface area (Å²) in [4.78, 5) is 27.6. The van der Waals surface area contributed by atoms with E-state index in [1.807, 2.05) is 6.07 Å². The number of rotatable bonds is 4. The molecule has 0 unspecified atom stereocenters. The Labute approximate surface area is 123 Å². The average Bonchev–Trinajstić information content (AvgIpc) is 2.49. The van der Waals surface area contributed by atoms with Gasteiger partial charge in [0.1, 0.15) is 6.21 Å². The van der Waals surface area contributed by atoms with Crippen molar-refractivity contribution in [1.29, 1.82) is 0 Å². The minimum Gasteiger partial charge on any atom is -0.321 e. The van der Waals surface area contributed by atoms with Crippen molar-refractivity contribution in [2.45, 2.75) is 38.1 Å². The Hall–Kier alpha value is -2.37. The van der Waals surface area contributed by atoms with Crippen LogP contribution in [-0.4, -0.2) is 24.3 Å². The molecule has 6 heteroatoms. The second-order valence-corrected chi connectivity index (χ2v) is 4.95. The van der Waals surface area contributed by atoms with Gasteiger partial charge in [0.05, 0.1) is 0 Å². The molecule has 1 saturated carbocycles. The largest absolute Gasteiger partial charge is 0.433 e. The Morgan fingerprint density at radius 2 is 1.86 bits per heavy atom. The molecule has 0 bridgehead atoms. The van der Waals surface area contributed by atoms with Crippen LogP contribution < -0.4 is 10.6 Å². The highest BCUT2D eigenvalue weighted by molar-refractivity contribution is 6.31. The SMILES string of the molecule is O=C(/C=N\OC(=O)NC1CCCCC1)Nc1ccccc1. The van der Waals surface area contributed by atoms with Gasteiger partial charge in [-0.1, -0.05) is 42.6 Å². The van der Waals surface area contributed by atoms with E-state index in [-0.39, 0.29) is 6.04 Å². The van der Waals surface area contributed by atoms with Crippen LogP contribution in [-0.2, 0) is 9.63 Å². The summed E-state index contributed by atoms with van der Waals surface area (Å²) in [6.45, 7) is 0. The van der Waals surface area contributed by atoms with Crippen molar-refractivity contribution in [1.82, 2.24) is 5.32 Å². The summed E-state index contributed by atoms with van der Waals surface area (Å²) in [6.07, 6.45) is 5.70. The maximum atomic E-state index is 11.5. The number of benzene rings is 1. The molecular weight excluding hydrogens is 270 g/mol. The number of nitrogens with one attached hydrogen (secondary N) is 2. The molecule has 0 aromatic heterocycles. The zero-order valence-electron chi connectivity index (χ0n) is 11.7. The maximum Gasteiger partial charge on any atom is 0.433 e. The fourth-order valence-electron chi connectivity index (χ4n) is 2.26. The summed E-state index contributed by atoms with van der Waals surface area (Å²) in [7, 11) is 0. The molecule has 1 fully saturated rings. The van der Waals surface area contributed by atoms with Crippen LogP contribution in [0.3, 0.4) is 0 Å². The summed E-state index contributed by atoms with van der Waals surface area (Å²) >= 11 is 0. The van der Waals surface area contributed by atoms with E-state index >= 15 is 0 Å². The number of hydrogen-bond acceptors (Lipinski definition) is 4. The van der Waals surface area contributed by atoms with Gasteiger partial charge in [0.15, 0.2) is 0 Å². The summed E-state index contributed by atoms with van der Waals surface area (Å²) in [5, 5.41) is 8.72. The van der Waals surface area contributed by atoms with Crippen molar-refractivity contribution in [2.24, 2.45) is 5.16 Å². The van der Waals surface area contributed by atoms with Gasteiger partial charge < -0.3 is 10.6 Å². The van der Waals surface area contributed by atoms with Gasteiger partial charge in [0, 0.05) is 11.7 Å². The summed E-state index contributed by atoms with van der Waals surface area (Å²) in [5.41, 5.74) is 0.653. The normalized spacial score (nSPS) is 15.6. The first kappa shape index (κ1) is 15.0. The molecule has 0 spiro atoms. The van der Waals surface area contributed by atoms with Gasteiger partial charge >= 0.3 is 6.09 Å². The molecular formula is C15H19N3O3. The van der Waals surface area contributed by atoms with Gasteiger partial charge in [-0.25, -0.2) is 4.79 Å². The molecule has 2 rings (SSSR count). The predicted molar refractivity (Wildman–Crippen MR) is 80.1 cm³/mol. The van der Waals surface area contributed by atoms with Crippen molar-refractivity contribution in [3.63, 3.8) is 0 Å². The molecule has 2 amide bonds. The molecule has 0 radical (unpaired) electrons. The van der Waals surface area contributed by atoms with Crippen molar-refractivity contribution in [2.75, 3.05) is 5.32 Å². The molecule has 0 aliphatic heterocycles. The third kappa shape index (κ3) is 5.64. The van der Waals surface area contributed by atoms with E-state index in [4.69, 9.17) is 0 Å². The van der Waals surface area contributed by atoms with E-state index in [1.54, 1.807) is 24.3 Å². The number of amides is 2. The molecule has 1 aromatic carbocycles. The average molecular weight is 289 g/mol. The zero-order chi connectivity index (χ0) is 14.9. The number of para-hydroxylation sites is 1. The molecule has 0 atom stereocenters. The first-order valence-electron chi connectivity index (χ1n) is 7.11.